The SMILES string of the molecule is CC=C(CC(C)(C)N)N[C@H](C(=O)N[C@H](C(=O)N1C[C@]2(C[C@H]1C(=O)NC(CC1CCC1)C(=O)C(N)=O)C(C)(C)C21CCC1)C(C)(C)C)C1CCCCC1. The molecule has 1 heterocycles. The minimum Gasteiger partial charge on any atom is -0.377 e. The standard InChI is InChI=1S/C41H68N6O5/c1-9-27(22-38(5,6)43)44-30(26-17-11-10-12-18-26)35(51)46-32(37(2,3)4)36(52)47-24-41(39(7,8)40(41)19-14-20-40)23-29(47)34(50)45-28(31(48)33(42)49)21-25-15-13-16-25/h9,25-26,28-30,32,44H,10-24,43H2,1-8H3,(H2,42,49)(H,45,50)(H,46,51)/t28?,29-,30-,32+,41+/m0/s1. The van der Waals surface area contributed by atoms with Gasteiger partial charge in [-0.2, -0.15) is 0 Å². The third-order valence-corrected chi connectivity index (χ3v) is 14.2. The second kappa shape index (κ2) is 14.7. The number of amides is 4. The van der Waals surface area contributed by atoms with Crippen LogP contribution in [0.1, 0.15) is 145 Å². The first kappa shape index (κ1) is 40.2. The van der Waals surface area contributed by atoms with Gasteiger partial charge in [0, 0.05) is 29.6 Å². The minimum atomic E-state index is -1.06. The second-order valence-corrected chi connectivity index (χ2v) is 19.5. The summed E-state index contributed by atoms with van der Waals surface area (Å²) in [4.78, 5) is 70.7. The molecule has 1 aliphatic heterocycles. The molecule has 11 heteroatoms. The Labute approximate surface area is 312 Å². The van der Waals surface area contributed by atoms with Crippen molar-refractivity contribution in [1.29, 1.82) is 0 Å². The van der Waals surface area contributed by atoms with E-state index in [1.807, 2.05) is 47.6 Å². The number of rotatable bonds is 14. The molecule has 4 aliphatic carbocycles. The molecule has 7 N–H and O–H groups in total. The third-order valence-electron chi connectivity index (χ3n) is 14.2. The Morgan fingerprint density at radius 1 is 0.865 bits per heavy atom. The summed E-state index contributed by atoms with van der Waals surface area (Å²) in [6.45, 7) is 16.6. The zero-order chi connectivity index (χ0) is 38.4. The van der Waals surface area contributed by atoms with E-state index < -0.39 is 52.7 Å². The van der Waals surface area contributed by atoms with E-state index in [1.165, 1.54) is 0 Å². The van der Waals surface area contributed by atoms with Crippen molar-refractivity contribution in [3.05, 3.63) is 11.8 Å². The lowest BCUT2D eigenvalue weighted by Crippen LogP contribution is -2.61. The molecule has 5 aliphatic rings. The van der Waals surface area contributed by atoms with E-state index in [1.54, 1.807) is 4.90 Å². The zero-order valence-electron chi connectivity index (χ0n) is 33.3. The van der Waals surface area contributed by atoms with Crippen LogP contribution in [0.3, 0.4) is 0 Å². The van der Waals surface area contributed by atoms with Gasteiger partial charge in [-0.15, -0.1) is 0 Å². The summed E-state index contributed by atoms with van der Waals surface area (Å²) in [6.07, 6.45) is 14.7. The van der Waals surface area contributed by atoms with Crippen molar-refractivity contribution in [2.75, 3.05) is 6.54 Å². The molecule has 0 bridgehead atoms. The van der Waals surface area contributed by atoms with Gasteiger partial charge in [0.1, 0.15) is 18.1 Å². The summed E-state index contributed by atoms with van der Waals surface area (Å²) >= 11 is 0. The quantitative estimate of drug-likeness (QED) is 0.163. The monoisotopic (exact) mass is 725 g/mol. The van der Waals surface area contributed by atoms with Crippen LogP contribution in [-0.4, -0.2) is 70.6 Å². The number of hydrogen-bond donors (Lipinski definition) is 5. The Kier molecular flexibility index (Phi) is 11.4. The van der Waals surface area contributed by atoms with Crippen LogP contribution < -0.4 is 27.4 Å². The van der Waals surface area contributed by atoms with Crippen LogP contribution in [-0.2, 0) is 24.0 Å². The van der Waals surface area contributed by atoms with E-state index in [0.29, 0.717) is 25.8 Å². The van der Waals surface area contributed by atoms with Gasteiger partial charge in [0.15, 0.2) is 0 Å². The van der Waals surface area contributed by atoms with Crippen LogP contribution in [0.4, 0.5) is 0 Å². The number of likely N-dealkylation sites (tertiary alicyclic amines) is 1. The number of primary amides is 1. The molecule has 292 valence electrons. The highest BCUT2D eigenvalue weighted by atomic mass is 16.2. The predicted octanol–water partition coefficient (Wildman–Crippen LogP) is 4.61. The molecule has 4 amide bonds. The fourth-order valence-corrected chi connectivity index (χ4v) is 10.6. The molecule has 11 nitrogen and oxygen atoms in total. The van der Waals surface area contributed by atoms with Crippen molar-refractivity contribution in [2.24, 2.45) is 45.0 Å². The van der Waals surface area contributed by atoms with Gasteiger partial charge < -0.3 is 32.3 Å². The number of ketones is 1. The minimum absolute atomic E-state index is 0.0536. The second-order valence-electron chi connectivity index (χ2n) is 19.5. The van der Waals surface area contributed by atoms with Crippen LogP contribution >= 0.6 is 0 Å². The van der Waals surface area contributed by atoms with Gasteiger partial charge >= 0.3 is 0 Å². The predicted molar refractivity (Wildman–Crippen MR) is 202 cm³/mol. The first-order chi connectivity index (χ1) is 24.2. The zero-order valence-corrected chi connectivity index (χ0v) is 33.3. The number of carbonyl (C=O) groups is 5. The molecule has 52 heavy (non-hydrogen) atoms. The molecular formula is C41H68N6O5. The number of Topliss-reactive ketones (excluding diaryl/α,β-unsaturated/α-hetero) is 1. The normalized spacial score (nSPS) is 27.6. The maximum atomic E-state index is 15.1. The summed E-state index contributed by atoms with van der Waals surface area (Å²) in [5.74, 6) is -2.45. The first-order valence-electron chi connectivity index (χ1n) is 20.1. The van der Waals surface area contributed by atoms with Gasteiger partial charge in [-0.05, 0) is 87.4 Å². The van der Waals surface area contributed by atoms with Crippen molar-refractivity contribution in [3.8, 4) is 0 Å². The van der Waals surface area contributed by atoms with Crippen LogP contribution in [0.2, 0.25) is 0 Å². The average Bonchev–Trinajstić information content (AvgIpc) is 3.24. The van der Waals surface area contributed by atoms with Gasteiger partial charge in [-0.3, -0.25) is 24.0 Å². The molecular weight excluding hydrogens is 656 g/mol. The van der Waals surface area contributed by atoms with Gasteiger partial charge in [-0.25, -0.2) is 0 Å². The molecule has 0 aromatic heterocycles. The Bertz CT molecular complexity index is 1430. The molecule has 2 spiro atoms. The number of carbonyl (C=O) groups excluding carboxylic acids is 5. The molecule has 1 saturated heterocycles. The Hall–Kier alpha value is -2.95. The lowest BCUT2D eigenvalue weighted by Gasteiger charge is -2.38. The number of nitrogens with one attached hydrogen (secondary N) is 3. The van der Waals surface area contributed by atoms with Crippen LogP contribution in [0.15, 0.2) is 11.8 Å². The summed E-state index contributed by atoms with van der Waals surface area (Å²) < 4.78 is 0. The van der Waals surface area contributed by atoms with Crippen LogP contribution in [0, 0.1) is 33.5 Å². The first-order valence-corrected chi connectivity index (χ1v) is 20.1. The number of nitrogens with zero attached hydrogens (tertiary/aromatic N) is 1. The van der Waals surface area contributed by atoms with Crippen molar-refractivity contribution < 1.29 is 24.0 Å². The van der Waals surface area contributed by atoms with Gasteiger partial charge in [-0.1, -0.05) is 85.6 Å². The topological polar surface area (TPSA) is 177 Å². The Morgan fingerprint density at radius 2 is 1.50 bits per heavy atom. The largest absolute Gasteiger partial charge is 0.377 e. The van der Waals surface area contributed by atoms with Crippen LogP contribution in [0.25, 0.3) is 0 Å². The van der Waals surface area contributed by atoms with Gasteiger partial charge in [0.05, 0.1) is 6.04 Å². The van der Waals surface area contributed by atoms with Crippen molar-refractivity contribution >= 4 is 29.4 Å². The maximum absolute atomic E-state index is 15.1. The van der Waals surface area contributed by atoms with Gasteiger partial charge in [0.25, 0.3) is 5.91 Å². The van der Waals surface area contributed by atoms with Gasteiger partial charge in [0.2, 0.25) is 23.5 Å². The number of fused-ring (bicyclic) bond motifs is 1. The molecule has 0 aromatic rings. The molecule has 5 atom stereocenters. The molecule has 5 fully saturated rings. The smallest absolute Gasteiger partial charge is 0.287 e. The van der Waals surface area contributed by atoms with E-state index in [-0.39, 0.29) is 39.9 Å². The van der Waals surface area contributed by atoms with E-state index in [4.69, 9.17) is 11.5 Å². The highest BCUT2D eigenvalue weighted by molar-refractivity contribution is 6.37. The summed E-state index contributed by atoms with van der Waals surface area (Å²) in [6, 6.07) is -3.31. The van der Waals surface area contributed by atoms with E-state index in [2.05, 4.69) is 29.8 Å². The Balaban J connectivity index is 1.44. The average molecular weight is 725 g/mol. The number of nitrogens with two attached hydrogens (primary N) is 2. The fraction of sp³-hybridized carbons (Fsp3) is 0.829. The van der Waals surface area contributed by atoms with Crippen molar-refractivity contribution in [1.82, 2.24) is 20.9 Å². The summed E-state index contributed by atoms with van der Waals surface area (Å²) in [5, 5.41) is 9.69. The van der Waals surface area contributed by atoms with Crippen molar-refractivity contribution in [2.45, 2.75) is 175 Å². The third kappa shape index (κ3) is 7.54. The summed E-state index contributed by atoms with van der Waals surface area (Å²) in [5.41, 5.74) is 11.3. The number of hydrogen-bond acceptors (Lipinski definition) is 7. The number of allylic oxidation sites excluding steroid dienone is 1. The van der Waals surface area contributed by atoms with E-state index in [0.717, 1.165) is 76.3 Å². The fourth-order valence-electron chi connectivity index (χ4n) is 10.6. The Morgan fingerprint density at radius 3 is 1.96 bits per heavy atom. The lowest BCUT2D eigenvalue weighted by atomic mass is 9.73. The highest BCUT2D eigenvalue weighted by Crippen LogP contribution is 2.88. The van der Waals surface area contributed by atoms with Crippen LogP contribution in [0.5, 0.6) is 0 Å². The van der Waals surface area contributed by atoms with E-state index >= 15 is 4.79 Å². The highest BCUT2D eigenvalue weighted by Gasteiger charge is 2.85. The lowest BCUT2D eigenvalue weighted by molar-refractivity contribution is -0.145. The molecule has 0 radical (unpaired) electrons. The van der Waals surface area contributed by atoms with Crippen molar-refractivity contribution in [3.63, 3.8) is 0 Å². The molecule has 5 rings (SSSR count). The summed E-state index contributed by atoms with van der Waals surface area (Å²) in [7, 11) is 0. The molecule has 4 saturated carbocycles. The molecule has 0 aromatic carbocycles. The molecule has 1 unspecified atom stereocenters. The van der Waals surface area contributed by atoms with E-state index in [9.17, 15) is 19.2 Å². The maximum Gasteiger partial charge on any atom is 0.287 e.